The van der Waals surface area contributed by atoms with E-state index in [4.69, 9.17) is 0 Å². The van der Waals surface area contributed by atoms with Crippen molar-refractivity contribution < 1.29 is 0 Å². The minimum absolute atomic E-state index is 0.187. The molecular weight excluding hydrogens is 278 g/mol. The summed E-state index contributed by atoms with van der Waals surface area (Å²) >= 11 is 1.67. The third-order valence-electron chi connectivity index (χ3n) is 3.11. The van der Waals surface area contributed by atoms with E-state index in [1.165, 1.54) is 10.5 Å². The highest BCUT2D eigenvalue weighted by Gasteiger charge is 2.13. The van der Waals surface area contributed by atoms with Crippen molar-refractivity contribution in [2.75, 3.05) is 11.9 Å². The highest BCUT2D eigenvalue weighted by Crippen LogP contribution is 2.30. The molecule has 2 rings (SSSR count). The largest absolute Gasteiger partial charge is 0.354 e. The van der Waals surface area contributed by atoms with Gasteiger partial charge in [0, 0.05) is 17.1 Å². The van der Waals surface area contributed by atoms with Crippen molar-refractivity contribution in [2.45, 2.75) is 50.0 Å². The average Bonchev–Trinajstić information content (AvgIpc) is 2.38. The van der Waals surface area contributed by atoms with Crippen LogP contribution in [-0.2, 0) is 5.41 Å². The van der Waals surface area contributed by atoms with Gasteiger partial charge in [-0.15, -0.1) is 0 Å². The molecule has 0 bridgehead atoms. The zero-order valence-corrected chi connectivity index (χ0v) is 14.2. The van der Waals surface area contributed by atoms with Crippen LogP contribution >= 0.6 is 11.8 Å². The topological polar surface area (TPSA) is 37.8 Å². The van der Waals surface area contributed by atoms with Crippen molar-refractivity contribution in [1.82, 2.24) is 9.97 Å². The van der Waals surface area contributed by atoms with Gasteiger partial charge in [-0.05, 0) is 43.0 Å². The van der Waals surface area contributed by atoms with Gasteiger partial charge in [0.1, 0.15) is 5.03 Å². The third-order valence-corrected chi connectivity index (χ3v) is 4.03. The number of anilines is 1. The molecule has 0 saturated heterocycles. The number of nitrogens with zero attached hydrogens (tertiary/aromatic N) is 2. The molecule has 0 radical (unpaired) electrons. The Balaban J connectivity index is 2.18. The molecule has 0 atom stereocenters. The molecule has 0 amide bonds. The van der Waals surface area contributed by atoms with Gasteiger partial charge < -0.3 is 5.32 Å². The number of hydrogen-bond acceptors (Lipinski definition) is 4. The first-order valence-electron chi connectivity index (χ1n) is 7.26. The first-order valence-corrected chi connectivity index (χ1v) is 8.08. The number of aryl methyl sites for hydroxylation is 1. The number of hydrogen-bond donors (Lipinski definition) is 1. The molecule has 2 aromatic rings. The van der Waals surface area contributed by atoms with Crippen molar-refractivity contribution in [3.05, 3.63) is 41.6 Å². The molecule has 112 valence electrons. The van der Waals surface area contributed by atoms with Gasteiger partial charge in [0.2, 0.25) is 5.95 Å². The van der Waals surface area contributed by atoms with Crippen LogP contribution in [0.2, 0.25) is 0 Å². The number of benzene rings is 1. The van der Waals surface area contributed by atoms with Crippen molar-refractivity contribution in [3.8, 4) is 0 Å². The molecule has 3 nitrogen and oxygen atoms in total. The summed E-state index contributed by atoms with van der Waals surface area (Å²) < 4.78 is 0. The lowest BCUT2D eigenvalue weighted by Crippen LogP contribution is -2.10. The Hall–Kier alpha value is -1.55. The van der Waals surface area contributed by atoms with Crippen LogP contribution in [0.25, 0.3) is 0 Å². The van der Waals surface area contributed by atoms with E-state index in [1.54, 1.807) is 11.8 Å². The summed E-state index contributed by atoms with van der Waals surface area (Å²) in [5.41, 5.74) is 2.52. The predicted molar refractivity (Wildman–Crippen MR) is 90.2 cm³/mol. The predicted octanol–water partition coefficient (Wildman–Crippen LogP) is 4.67. The molecule has 4 heteroatoms. The summed E-state index contributed by atoms with van der Waals surface area (Å²) in [6.45, 7) is 11.6. The molecule has 0 aliphatic rings. The maximum atomic E-state index is 4.53. The van der Waals surface area contributed by atoms with Crippen molar-refractivity contribution in [3.63, 3.8) is 0 Å². The second-order valence-electron chi connectivity index (χ2n) is 6.08. The van der Waals surface area contributed by atoms with Gasteiger partial charge in [-0.1, -0.05) is 44.7 Å². The van der Waals surface area contributed by atoms with E-state index < -0.39 is 0 Å². The fraction of sp³-hybridized carbons (Fsp3) is 0.412. The monoisotopic (exact) mass is 301 g/mol. The Kier molecular flexibility index (Phi) is 4.88. The minimum Gasteiger partial charge on any atom is -0.354 e. The Morgan fingerprint density at radius 3 is 2.33 bits per heavy atom. The third kappa shape index (κ3) is 4.46. The van der Waals surface area contributed by atoms with Gasteiger partial charge in [0.15, 0.2) is 0 Å². The minimum atomic E-state index is 0.187. The van der Waals surface area contributed by atoms with Crippen molar-refractivity contribution >= 4 is 17.7 Å². The van der Waals surface area contributed by atoms with Crippen LogP contribution in [0, 0.1) is 6.92 Å². The molecular formula is C17H23N3S. The molecule has 0 aliphatic carbocycles. The lowest BCUT2D eigenvalue weighted by molar-refractivity contribution is 0.590. The Labute approximate surface area is 131 Å². The Morgan fingerprint density at radius 2 is 1.76 bits per heavy atom. The molecule has 0 spiro atoms. The van der Waals surface area contributed by atoms with Crippen LogP contribution in [0.5, 0.6) is 0 Å². The standard InChI is InChI=1S/C17H23N3S/c1-6-18-16-19-12(2)11-15(20-16)21-14-9-7-13(8-10-14)17(3,4)5/h7-11H,6H2,1-5H3,(H,18,19,20). The summed E-state index contributed by atoms with van der Waals surface area (Å²) in [4.78, 5) is 10.1. The van der Waals surface area contributed by atoms with E-state index in [0.717, 1.165) is 17.3 Å². The maximum absolute atomic E-state index is 4.53. The maximum Gasteiger partial charge on any atom is 0.223 e. The normalized spacial score (nSPS) is 11.5. The van der Waals surface area contributed by atoms with E-state index in [1.807, 2.05) is 19.9 Å². The van der Waals surface area contributed by atoms with Crippen molar-refractivity contribution in [2.24, 2.45) is 0 Å². The first-order chi connectivity index (χ1) is 9.88. The fourth-order valence-electron chi connectivity index (χ4n) is 1.97. The van der Waals surface area contributed by atoms with Gasteiger partial charge in [-0.2, -0.15) is 0 Å². The SMILES string of the molecule is CCNc1nc(C)cc(Sc2ccc(C(C)(C)C)cc2)n1. The number of nitrogens with one attached hydrogen (secondary N) is 1. The highest BCUT2D eigenvalue weighted by molar-refractivity contribution is 7.99. The average molecular weight is 301 g/mol. The molecule has 1 heterocycles. The highest BCUT2D eigenvalue weighted by atomic mass is 32.2. The van der Waals surface area contributed by atoms with E-state index in [0.29, 0.717) is 5.95 Å². The second kappa shape index (κ2) is 6.48. The smallest absolute Gasteiger partial charge is 0.223 e. The Morgan fingerprint density at radius 1 is 1.10 bits per heavy atom. The molecule has 21 heavy (non-hydrogen) atoms. The summed E-state index contributed by atoms with van der Waals surface area (Å²) in [5, 5.41) is 4.14. The summed E-state index contributed by atoms with van der Waals surface area (Å²) in [7, 11) is 0. The molecule has 0 saturated carbocycles. The molecule has 1 aromatic carbocycles. The van der Waals surface area contributed by atoms with Crippen LogP contribution in [0.3, 0.4) is 0 Å². The zero-order chi connectivity index (χ0) is 15.5. The molecule has 0 fully saturated rings. The zero-order valence-electron chi connectivity index (χ0n) is 13.4. The van der Waals surface area contributed by atoms with Crippen LogP contribution in [-0.4, -0.2) is 16.5 Å². The van der Waals surface area contributed by atoms with Crippen molar-refractivity contribution in [1.29, 1.82) is 0 Å². The van der Waals surface area contributed by atoms with Crippen LogP contribution < -0.4 is 5.32 Å². The summed E-state index contributed by atoms with van der Waals surface area (Å²) in [5.74, 6) is 0.700. The van der Waals surface area contributed by atoms with E-state index in [2.05, 4.69) is 60.3 Å². The molecule has 1 aromatic heterocycles. The number of rotatable bonds is 4. The fourth-order valence-corrected chi connectivity index (χ4v) is 2.85. The van der Waals surface area contributed by atoms with Crippen LogP contribution in [0.1, 0.15) is 39.0 Å². The van der Waals surface area contributed by atoms with Gasteiger partial charge >= 0.3 is 0 Å². The quantitative estimate of drug-likeness (QED) is 0.833. The lowest BCUT2D eigenvalue weighted by atomic mass is 9.87. The van der Waals surface area contributed by atoms with Gasteiger partial charge in [-0.25, -0.2) is 9.97 Å². The molecule has 0 aliphatic heterocycles. The van der Waals surface area contributed by atoms with Gasteiger partial charge in [-0.3, -0.25) is 0 Å². The van der Waals surface area contributed by atoms with Crippen LogP contribution in [0.15, 0.2) is 40.3 Å². The van der Waals surface area contributed by atoms with Gasteiger partial charge in [0.05, 0.1) is 0 Å². The van der Waals surface area contributed by atoms with E-state index in [9.17, 15) is 0 Å². The first kappa shape index (κ1) is 15.8. The van der Waals surface area contributed by atoms with E-state index >= 15 is 0 Å². The summed E-state index contributed by atoms with van der Waals surface area (Å²) in [6.07, 6.45) is 0. The second-order valence-corrected chi connectivity index (χ2v) is 7.17. The lowest BCUT2D eigenvalue weighted by Gasteiger charge is -2.19. The van der Waals surface area contributed by atoms with E-state index in [-0.39, 0.29) is 5.41 Å². The molecule has 0 unspecified atom stereocenters. The van der Waals surface area contributed by atoms with Gasteiger partial charge in [0.25, 0.3) is 0 Å². The molecule has 1 N–H and O–H groups in total. The Bertz CT molecular complexity index is 600. The summed E-state index contributed by atoms with van der Waals surface area (Å²) in [6, 6.07) is 10.7. The van der Waals surface area contributed by atoms with Crippen LogP contribution in [0.4, 0.5) is 5.95 Å². The number of aromatic nitrogens is 2.